The number of nitrogens with zero attached hydrogens (tertiary/aromatic N) is 2. The summed E-state index contributed by atoms with van der Waals surface area (Å²) in [5.74, 6) is -0.552. The van der Waals surface area contributed by atoms with Crippen molar-refractivity contribution in [1.29, 1.82) is 0 Å². The standard InChI is InChI=1S/C20H19ClF4N2O3/c21-17-10-15(11-26-18(17)29-8-9-30-20(23,24)25)19(28)27-7-1-2-14(12-27)13-3-5-16(22)6-4-13/h3-6,10-11,14H,1-2,7-9,12H2. The smallest absolute Gasteiger partial charge is 0.474 e. The molecule has 1 aromatic heterocycles. The van der Waals surface area contributed by atoms with E-state index >= 15 is 0 Å². The molecule has 30 heavy (non-hydrogen) atoms. The number of rotatable bonds is 6. The van der Waals surface area contributed by atoms with Gasteiger partial charge in [0.05, 0.1) is 12.2 Å². The molecular formula is C20H19ClF4N2O3. The highest BCUT2D eigenvalue weighted by Gasteiger charge is 2.29. The molecule has 1 unspecified atom stereocenters. The van der Waals surface area contributed by atoms with Gasteiger partial charge in [-0.15, -0.1) is 13.2 Å². The first-order valence-corrected chi connectivity index (χ1v) is 9.64. The second-order valence-electron chi connectivity index (χ2n) is 6.80. The number of hydrogen-bond donors (Lipinski definition) is 0. The van der Waals surface area contributed by atoms with Crippen molar-refractivity contribution in [3.8, 4) is 5.88 Å². The van der Waals surface area contributed by atoms with Crippen molar-refractivity contribution in [2.24, 2.45) is 0 Å². The fourth-order valence-corrected chi connectivity index (χ4v) is 3.52. The van der Waals surface area contributed by atoms with Crippen LogP contribution in [0, 0.1) is 5.82 Å². The number of alkyl halides is 3. The molecule has 3 rings (SSSR count). The Hall–Kier alpha value is -2.39. The number of likely N-dealkylation sites (tertiary alicyclic amines) is 1. The molecule has 1 saturated heterocycles. The van der Waals surface area contributed by atoms with E-state index in [0.717, 1.165) is 18.4 Å². The molecule has 1 aromatic carbocycles. The molecule has 2 aromatic rings. The first-order valence-electron chi connectivity index (χ1n) is 9.27. The Morgan fingerprint density at radius 3 is 2.63 bits per heavy atom. The van der Waals surface area contributed by atoms with E-state index in [4.69, 9.17) is 16.3 Å². The first kappa shape index (κ1) is 22.3. The van der Waals surface area contributed by atoms with Gasteiger partial charge in [-0.25, -0.2) is 9.37 Å². The maximum atomic E-state index is 13.1. The van der Waals surface area contributed by atoms with Gasteiger partial charge >= 0.3 is 6.36 Å². The lowest BCUT2D eigenvalue weighted by molar-refractivity contribution is -0.325. The third-order valence-electron chi connectivity index (χ3n) is 4.69. The van der Waals surface area contributed by atoms with E-state index < -0.39 is 19.6 Å². The summed E-state index contributed by atoms with van der Waals surface area (Å²) in [4.78, 5) is 18.5. The van der Waals surface area contributed by atoms with Gasteiger partial charge in [0.15, 0.2) is 0 Å². The monoisotopic (exact) mass is 446 g/mol. The normalized spacial score (nSPS) is 17.1. The van der Waals surface area contributed by atoms with E-state index in [2.05, 4.69) is 9.72 Å². The zero-order valence-electron chi connectivity index (χ0n) is 15.8. The van der Waals surface area contributed by atoms with Crippen molar-refractivity contribution >= 4 is 17.5 Å². The highest BCUT2D eigenvalue weighted by atomic mass is 35.5. The third kappa shape index (κ3) is 6.06. The lowest BCUT2D eigenvalue weighted by Gasteiger charge is -2.33. The van der Waals surface area contributed by atoms with Crippen LogP contribution in [0.2, 0.25) is 5.02 Å². The Morgan fingerprint density at radius 2 is 1.97 bits per heavy atom. The lowest BCUT2D eigenvalue weighted by atomic mass is 9.90. The summed E-state index contributed by atoms with van der Waals surface area (Å²) >= 11 is 6.06. The molecule has 0 N–H and O–H groups in total. The molecule has 0 saturated carbocycles. The van der Waals surface area contributed by atoms with Crippen molar-refractivity contribution in [2.75, 3.05) is 26.3 Å². The number of carbonyl (C=O) groups excluding carboxylic acids is 1. The molecule has 0 spiro atoms. The maximum absolute atomic E-state index is 13.1. The molecule has 0 radical (unpaired) electrons. The molecule has 10 heteroatoms. The quantitative estimate of drug-likeness (QED) is 0.472. The molecule has 1 aliphatic rings. The SMILES string of the molecule is O=C(c1cnc(OCCOC(F)(F)F)c(Cl)c1)N1CCCC(c2ccc(F)cc2)C1. The van der Waals surface area contributed by atoms with Gasteiger partial charge in [-0.3, -0.25) is 9.53 Å². The number of aromatic nitrogens is 1. The molecule has 0 bridgehead atoms. The Kier molecular flexibility index (Phi) is 7.14. The number of amides is 1. The summed E-state index contributed by atoms with van der Waals surface area (Å²) in [6.45, 7) is -0.0535. The number of pyridine rings is 1. The summed E-state index contributed by atoms with van der Waals surface area (Å²) in [7, 11) is 0. The van der Waals surface area contributed by atoms with Gasteiger partial charge in [0.25, 0.3) is 5.91 Å². The van der Waals surface area contributed by atoms with Crippen LogP contribution in [-0.4, -0.2) is 48.5 Å². The minimum Gasteiger partial charge on any atom is -0.474 e. The van der Waals surface area contributed by atoms with Crippen molar-refractivity contribution in [3.63, 3.8) is 0 Å². The van der Waals surface area contributed by atoms with Gasteiger partial charge in [0.2, 0.25) is 5.88 Å². The van der Waals surface area contributed by atoms with Crippen molar-refractivity contribution in [1.82, 2.24) is 9.88 Å². The number of halogens is 5. The topological polar surface area (TPSA) is 51.7 Å². The summed E-state index contributed by atoms with van der Waals surface area (Å²) in [5, 5.41) is 0.0138. The van der Waals surface area contributed by atoms with E-state index in [1.165, 1.54) is 24.4 Å². The van der Waals surface area contributed by atoms with Crippen LogP contribution in [-0.2, 0) is 4.74 Å². The van der Waals surface area contributed by atoms with Gasteiger partial charge in [0, 0.05) is 25.2 Å². The average Bonchev–Trinajstić information content (AvgIpc) is 2.71. The van der Waals surface area contributed by atoms with Crippen LogP contribution in [0.5, 0.6) is 5.88 Å². The lowest BCUT2D eigenvalue weighted by Crippen LogP contribution is -2.39. The van der Waals surface area contributed by atoms with Crippen molar-refractivity contribution < 1.29 is 31.8 Å². The molecule has 2 heterocycles. The van der Waals surface area contributed by atoms with Crippen LogP contribution >= 0.6 is 11.6 Å². The summed E-state index contributed by atoms with van der Waals surface area (Å²) in [5.41, 5.74) is 1.22. The van der Waals surface area contributed by atoms with Gasteiger partial charge in [-0.05, 0) is 36.6 Å². The zero-order chi connectivity index (χ0) is 21.7. The predicted octanol–water partition coefficient (Wildman–Crippen LogP) is 4.81. The summed E-state index contributed by atoms with van der Waals surface area (Å²) in [6, 6.07) is 7.62. The third-order valence-corrected chi connectivity index (χ3v) is 4.96. The second-order valence-corrected chi connectivity index (χ2v) is 7.20. The average molecular weight is 447 g/mol. The molecule has 1 amide bonds. The zero-order valence-corrected chi connectivity index (χ0v) is 16.5. The molecule has 1 aliphatic heterocycles. The van der Waals surface area contributed by atoms with E-state index in [9.17, 15) is 22.4 Å². The number of benzene rings is 1. The van der Waals surface area contributed by atoms with Crippen LogP contribution in [0.3, 0.4) is 0 Å². The highest BCUT2D eigenvalue weighted by Crippen LogP contribution is 2.29. The van der Waals surface area contributed by atoms with Gasteiger partial charge in [-0.1, -0.05) is 23.7 Å². The van der Waals surface area contributed by atoms with Gasteiger partial charge < -0.3 is 9.64 Å². The minimum absolute atomic E-state index is 0.0138. The van der Waals surface area contributed by atoms with Crippen LogP contribution in [0.1, 0.15) is 34.7 Å². The minimum atomic E-state index is -4.74. The van der Waals surface area contributed by atoms with Crippen molar-refractivity contribution in [3.05, 3.63) is 58.5 Å². The van der Waals surface area contributed by atoms with E-state index in [1.54, 1.807) is 17.0 Å². The highest BCUT2D eigenvalue weighted by molar-refractivity contribution is 6.32. The van der Waals surface area contributed by atoms with E-state index in [0.29, 0.717) is 13.1 Å². The Morgan fingerprint density at radius 1 is 1.23 bits per heavy atom. The van der Waals surface area contributed by atoms with Crippen molar-refractivity contribution in [2.45, 2.75) is 25.1 Å². The first-order chi connectivity index (χ1) is 14.2. The largest absolute Gasteiger partial charge is 0.522 e. The van der Waals surface area contributed by atoms with Gasteiger partial charge in [0.1, 0.15) is 17.4 Å². The molecule has 1 atom stereocenters. The summed E-state index contributed by atoms with van der Waals surface area (Å²) in [6.07, 6.45) is -1.77. The van der Waals surface area contributed by atoms with Crippen LogP contribution in [0.25, 0.3) is 0 Å². The number of hydrogen-bond acceptors (Lipinski definition) is 4. The Labute approximate surface area is 175 Å². The molecule has 0 aliphatic carbocycles. The van der Waals surface area contributed by atoms with Crippen LogP contribution in [0.15, 0.2) is 36.5 Å². The predicted molar refractivity (Wildman–Crippen MR) is 101 cm³/mol. The fraction of sp³-hybridized carbons (Fsp3) is 0.400. The molecular weight excluding hydrogens is 428 g/mol. The van der Waals surface area contributed by atoms with E-state index in [1.807, 2.05) is 0 Å². The van der Waals surface area contributed by atoms with E-state index in [-0.39, 0.29) is 34.1 Å². The van der Waals surface area contributed by atoms with Crippen LogP contribution < -0.4 is 4.74 Å². The van der Waals surface area contributed by atoms with Crippen LogP contribution in [0.4, 0.5) is 17.6 Å². The summed E-state index contributed by atoms with van der Waals surface area (Å²) < 4.78 is 57.7. The molecule has 5 nitrogen and oxygen atoms in total. The maximum Gasteiger partial charge on any atom is 0.522 e. The Balaban J connectivity index is 1.60. The Bertz CT molecular complexity index is 877. The number of carbonyl (C=O) groups is 1. The number of piperidine rings is 1. The van der Waals surface area contributed by atoms with Gasteiger partial charge in [-0.2, -0.15) is 0 Å². The number of ether oxygens (including phenoxy) is 2. The fourth-order valence-electron chi connectivity index (χ4n) is 3.30. The second kappa shape index (κ2) is 9.61. The molecule has 1 fully saturated rings. The molecule has 162 valence electrons.